The van der Waals surface area contributed by atoms with Crippen molar-refractivity contribution < 1.29 is 9.53 Å². The van der Waals surface area contributed by atoms with E-state index in [1.165, 1.54) is 19.3 Å². The van der Waals surface area contributed by atoms with Gasteiger partial charge in [0, 0.05) is 19.6 Å². The fraction of sp³-hybridized carbons (Fsp3) is 0.933. The van der Waals surface area contributed by atoms with Crippen molar-refractivity contribution in [2.75, 3.05) is 13.7 Å². The number of hydrogen-bond donors (Lipinski definition) is 2. The van der Waals surface area contributed by atoms with Crippen LogP contribution in [0.3, 0.4) is 0 Å². The molecule has 1 amide bonds. The van der Waals surface area contributed by atoms with Crippen molar-refractivity contribution in [1.29, 1.82) is 0 Å². The summed E-state index contributed by atoms with van der Waals surface area (Å²) in [5, 5.41) is 3.18. The number of nitrogens with two attached hydrogens (primary N) is 1. The zero-order valence-corrected chi connectivity index (χ0v) is 13.3. The van der Waals surface area contributed by atoms with Crippen LogP contribution in [0.25, 0.3) is 0 Å². The summed E-state index contributed by atoms with van der Waals surface area (Å²) in [7, 11) is 1.75. The monoisotopic (exact) mass is 304 g/mol. The zero-order chi connectivity index (χ0) is 13.7. The van der Waals surface area contributed by atoms with Crippen LogP contribution in [-0.2, 0) is 9.53 Å². The van der Waals surface area contributed by atoms with Crippen LogP contribution < -0.4 is 11.1 Å². The van der Waals surface area contributed by atoms with Crippen molar-refractivity contribution in [3.63, 3.8) is 0 Å². The molecule has 2 aliphatic carbocycles. The molecule has 2 saturated carbocycles. The maximum absolute atomic E-state index is 12.2. The molecule has 5 heteroatoms. The van der Waals surface area contributed by atoms with Gasteiger partial charge in [-0.1, -0.05) is 19.3 Å². The fourth-order valence-electron chi connectivity index (χ4n) is 3.66. The second-order valence-electron chi connectivity index (χ2n) is 6.38. The molecule has 0 aromatic heterocycles. The van der Waals surface area contributed by atoms with Gasteiger partial charge < -0.3 is 15.8 Å². The van der Waals surface area contributed by atoms with Crippen LogP contribution in [0.5, 0.6) is 0 Å². The standard InChI is InChI=1S/C15H28N2O2.ClH/c1-19-13-6-5-12(9-13)17-14(18)10-15(11-16)7-3-2-4-8-15;/h12-13H,2-11,16H2,1H3,(H,17,18);1H. The van der Waals surface area contributed by atoms with E-state index in [9.17, 15) is 4.79 Å². The average molecular weight is 305 g/mol. The Morgan fingerprint density at radius 1 is 1.30 bits per heavy atom. The van der Waals surface area contributed by atoms with E-state index in [2.05, 4.69) is 5.32 Å². The largest absolute Gasteiger partial charge is 0.381 e. The van der Waals surface area contributed by atoms with Gasteiger partial charge in [0.25, 0.3) is 0 Å². The average Bonchev–Trinajstić information content (AvgIpc) is 2.87. The van der Waals surface area contributed by atoms with E-state index in [-0.39, 0.29) is 23.7 Å². The molecule has 3 N–H and O–H groups in total. The second kappa shape index (κ2) is 8.20. The second-order valence-corrected chi connectivity index (χ2v) is 6.38. The molecule has 0 saturated heterocycles. The maximum Gasteiger partial charge on any atom is 0.220 e. The van der Waals surface area contributed by atoms with Crippen LogP contribution in [-0.4, -0.2) is 31.7 Å². The first-order valence-corrected chi connectivity index (χ1v) is 7.70. The number of hydrogen-bond acceptors (Lipinski definition) is 3. The van der Waals surface area contributed by atoms with Gasteiger partial charge in [-0.05, 0) is 44.1 Å². The van der Waals surface area contributed by atoms with Gasteiger partial charge in [0.2, 0.25) is 5.91 Å². The molecule has 2 fully saturated rings. The van der Waals surface area contributed by atoms with Crippen molar-refractivity contribution in [2.45, 2.75) is 69.9 Å². The first-order valence-electron chi connectivity index (χ1n) is 7.70. The fourth-order valence-corrected chi connectivity index (χ4v) is 3.66. The smallest absolute Gasteiger partial charge is 0.220 e. The lowest BCUT2D eigenvalue weighted by molar-refractivity contribution is -0.124. The summed E-state index contributed by atoms with van der Waals surface area (Å²) < 4.78 is 5.34. The highest BCUT2D eigenvalue weighted by Gasteiger charge is 2.34. The lowest BCUT2D eigenvalue weighted by Gasteiger charge is -2.36. The number of rotatable bonds is 5. The number of nitrogens with one attached hydrogen (secondary N) is 1. The van der Waals surface area contributed by atoms with Crippen LogP contribution in [0.2, 0.25) is 0 Å². The number of ether oxygens (including phenoxy) is 1. The van der Waals surface area contributed by atoms with Gasteiger partial charge in [0.05, 0.1) is 6.10 Å². The highest BCUT2D eigenvalue weighted by Crippen LogP contribution is 2.38. The Kier molecular flexibility index (Phi) is 7.27. The Morgan fingerprint density at radius 2 is 2.00 bits per heavy atom. The van der Waals surface area contributed by atoms with Crippen molar-refractivity contribution in [1.82, 2.24) is 5.32 Å². The van der Waals surface area contributed by atoms with E-state index < -0.39 is 0 Å². The number of carbonyl (C=O) groups excluding carboxylic acids is 1. The van der Waals surface area contributed by atoms with Gasteiger partial charge in [-0.15, -0.1) is 12.4 Å². The van der Waals surface area contributed by atoms with Crippen molar-refractivity contribution in [3.8, 4) is 0 Å². The number of methoxy groups -OCH3 is 1. The molecule has 2 atom stereocenters. The van der Waals surface area contributed by atoms with Gasteiger partial charge in [0.15, 0.2) is 0 Å². The van der Waals surface area contributed by atoms with E-state index >= 15 is 0 Å². The predicted octanol–water partition coefficient (Wildman–Crippen LogP) is 2.39. The topological polar surface area (TPSA) is 64.3 Å². The van der Waals surface area contributed by atoms with E-state index in [1.807, 2.05) is 0 Å². The van der Waals surface area contributed by atoms with E-state index in [0.29, 0.717) is 25.1 Å². The summed E-state index contributed by atoms with van der Waals surface area (Å²) in [6.45, 7) is 0.645. The molecule has 0 heterocycles. The summed E-state index contributed by atoms with van der Waals surface area (Å²) in [5.41, 5.74) is 6.01. The first-order chi connectivity index (χ1) is 9.17. The molecular weight excluding hydrogens is 276 g/mol. The normalized spacial score (nSPS) is 28.7. The van der Waals surface area contributed by atoms with Crippen LogP contribution in [0, 0.1) is 5.41 Å². The molecule has 2 unspecified atom stereocenters. The highest BCUT2D eigenvalue weighted by atomic mass is 35.5. The first kappa shape index (κ1) is 17.7. The molecule has 0 aliphatic heterocycles. The minimum absolute atomic E-state index is 0. The van der Waals surface area contributed by atoms with E-state index in [1.54, 1.807) is 7.11 Å². The van der Waals surface area contributed by atoms with Gasteiger partial charge in [-0.25, -0.2) is 0 Å². The zero-order valence-electron chi connectivity index (χ0n) is 12.5. The molecule has 20 heavy (non-hydrogen) atoms. The van der Waals surface area contributed by atoms with Crippen molar-refractivity contribution in [3.05, 3.63) is 0 Å². The SMILES string of the molecule is COC1CCC(NC(=O)CC2(CN)CCCCC2)C1.Cl. The van der Waals surface area contributed by atoms with E-state index in [0.717, 1.165) is 32.1 Å². The third-order valence-corrected chi connectivity index (χ3v) is 4.97. The van der Waals surface area contributed by atoms with Gasteiger partial charge in [-0.2, -0.15) is 0 Å². The van der Waals surface area contributed by atoms with Gasteiger partial charge in [0.1, 0.15) is 0 Å². The van der Waals surface area contributed by atoms with Crippen LogP contribution in [0.4, 0.5) is 0 Å². The number of halogens is 1. The third-order valence-electron chi connectivity index (χ3n) is 4.97. The Bertz CT molecular complexity index is 306. The number of carbonyl (C=O) groups is 1. The molecule has 2 rings (SSSR count). The highest BCUT2D eigenvalue weighted by molar-refractivity contribution is 5.85. The van der Waals surface area contributed by atoms with Crippen molar-refractivity contribution in [2.24, 2.45) is 11.1 Å². The Hall–Kier alpha value is -0.320. The summed E-state index contributed by atoms with van der Waals surface area (Å²) in [6, 6.07) is 0.302. The molecule has 0 bridgehead atoms. The molecule has 0 aromatic carbocycles. The quantitative estimate of drug-likeness (QED) is 0.819. The molecule has 0 spiro atoms. The molecule has 4 nitrogen and oxygen atoms in total. The lowest BCUT2D eigenvalue weighted by atomic mass is 9.71. The molecule has 0 radical (unpaired) electrons. The Morgan fingerprint density at radius 3 is 2.55 bits per heavy atom. The summed E-state index contributed by atoms with van der Waals surface area (Å²) in [6.07, 6.45) is 9.95. The van der Waals surface area contributed by atoms with Crippen molar-refractivity contribution >= 4 is 18.3 Å². The Balaban J connectivity index is 0.00000200. The molecule has 0 aromatic rings. The molecule has 2 aliphatic rings. The van der Waals surface area contributed by atoms with E-state index in [4.69, 9.17) is 10.5 Å². The summed E-state index contributed by atoms with van der Waals surface area (Å²) in [4.78, 5) is 12.2. The summed E-state index contributed by atoms with van der Waals surface area (Å²) in [5.74, 6) is 0.189. The van der Waals surface area contributed by atoms with Gasteiger partial charge >= 0.3 is 0 Å². The van der Waals surface area contributed by atoms with Crippen LogP contribution in [0.15, 0.2) is 0 Å². The third kappa shape index (κ3) is 4.61. The van der Waals surface area contributed by atoms with Crippen LogP contribution >= 0.6 is 12.4 Å². The predicted molar refractivity (Wildman–Crippen MR) is 83.0 cm³/mol. The Labute approximate surface area is 128 Å². The maximum atomic E-state index is 12.2. The number of amides is 1. The minimum Gasteiger partial charge on any atom is -0.381 e. The van der Waals surface area contributed by atoms with Gasteiger partial charge in [-0.3, -0.25) is 4.79 Å². The van der Waals surface area contributed by atoms with Crippen LogP contribution in [0.1, 0.15) is 57.8 Å². The lowest BCUT2D eigenvalue weighted by Crippen LogP contribution is -2.41. The minimum atomic E-state index is 0. The molecular formula is C15H29ClN2O2. The summed E-state index contributed by atoms with van der Waals surface area (Å²) >= 11 is 0. The molecule has 118 valence electrons.